The Hall–Kier alpha value is -3.44. The predicted octanol–water partition coefficient (Wildman–Crippen LogP) is 7.41. The first-order valence-corrected chi connectivity index (χ1v) is 14.8. The Morgan fingerprint density at radius 1 is 1.05 bits per heavy atom. The standard InChI is InChI=1S/C32H36F4N2O4S/c1-20(25-8-6-7-9-28(25)42-32(34,35)36)26(30(40-4)23-10-11-23)12-13-37-14-16-38(17-15-37)22(3)43-29-19-24(31(39)41-5)18-27(33)21(29)2/h6-9,18-19,23H,1,3,10-17H2,2,4-5H3/b30-26-. The van der Waals surface area contributed by atoms with E-state index in [1.165, 1.54) is 37.1 Å². The number of esters is 1. The van der Waals surface area contributed by atoms with Gasteiger partial charge in [-0.3, -0.25) is 4.90 Å². The van der Waals surface area contributed by atoms with Gasteiger partial charge in [-0.2, -0.15) is 0 Å². The molecule has 0 aromatic heterocycles. The number of carbonyl (C=O) groups is 1. The Kier molecular flexibility index (Phi) is 10.5. The Balaban J connectivity index is 1.41. The molecule has 0 unspecified atom stereocenters. The second-order valence-electron chi connectivity index (χ2n) is 10.5. The second kappa shape index (κ2) is 13.9. The molecule has 11 heteroatoms. The van der Waals surface area contributed by atoms with E-state index in [0.717, 1.165) is 42.3 Å². The van der Waals surface area contributed by atoms with E-state index in [-0.39, 0.29) is 22.8 Å². The van der Waals surface area contributed by atoms with Gasteiger partial charge >= 0.3 is 12.3 Å². The van der Waals surface area contributed by atoms with Crippen molar-refractivity contribution in [1.29, 1.82) is 0 Å². The van der Waals surface area contributed by atoms with Crippen LogP contribution in [0.2, 0.25) is 0 Å². The highest BCUT2D eigenvalue weighted by Crippen LogP contribution is 2.43. The number of alkyl halides is 3. The first-order chi connectivity index (χ1) is 20.4. The molecular weight excluding hydrogens is 584 g/mol. The largest absolute Gasteiger partial charge is 0.573 e. The average Bonchev–Trinajstić information content (AvgIpc) is 3.81. The molecule has 1 saturated carbocycles. The molecule has 0 atom stereocenters. The molecule has 1 aliphatic carbocycles. The van der Waals surface area contributed by atoms with Gasteiger partial charge in [-0.05, 0) is 61.1 Å². The van der Waals surface area contributed by atoms with Gasteiger partial charge in [-0.25, -0.2) is 9.18 Å². The van der Waals surface area contributed by atoms with Gasteiger partial charge in [-0.1, -0.05) is 43.1 Å². The number of allylic oxidation sites excluding steroid dienone is 2. The Bertz CT molecular complexity index is 1400. The lowest BCUT2D eigenvalue weighted by Crippen LogP contribution is -2.45. The van der Waals surface area contributed by atoms with Crippen molar-refractivity contribution in [2.24, 2.45) is 5.92 Å². The zero-order valence-electron chi connectivity index (χ0n) is 24.6. The highest BCUT2D eigenvalue weighted by Gasteiger charge is 2.34. The first-order valence-electron chi connectivity index (χ1n) is 14.0. The fourth-order valence-electron chi connectivity index (χ4n) is 5.07. The van der Waals surface area contributed by atoms with Crippen LogP contribution in [0, 0.1) is 18.7 Å². The summed E-state index contributed by atoms with van der Waals surface area (Å²) in [6.45, 7) is 13.5. The maximum Gasteiger partial charge on any atom is 0.573 e. The van der Waals surface area contributed by atoms with Crippen LogP contribution < -0.4 is 4.74 Å². The summed E-state index contributed by atoms with van der Waals surface area (Å²) in [5, 5.41) is 0.745. The molecule has 4 rings (SSSR count). The lowest BCUT2D eigenvalue weighted by molar-refractivity contribution is -0.274. The number of carbonyl (C=O) groups excluding carboxylic acids is 1. The molecule has 2 aromatic carbocycles. The van der Waals surface area contributed by atoms with Crippen molar-refractivity contribution in [3.05, 3.63) is 88.4 Å². The number of hydrogen-bond acceptors (Lipinski definition) is 7. The highest BCUT2D eigenvalue weighted by atomic mass is 32.2. The molecule has 6 nitrogen and oxygen atoms in total. The quantitative estimate of drug-likeness (QED) is 0.0805. The van der Waals surface area contributed by atoms with Crippen LogP contribution in [0.25, 0.3) is 5.57 Å². The number of nitrogens with zero attached hydrogens (tertiary/aromatic N) is 2. The van der Waals surface area contributed by atoms with E-state index < -0.39 is 18.1 Å². The molecule has 0 bridgehead atoms. The molecular formula is C32H36F4N2O4S. The summed E-state index contributed by atoms with van der Waals surface area (Å²) in [4.78, 5) is 17.0. The third-order valence-corrected chi connectivity index (χ3v) is 8.75. The molecule has 2 aliphatic rings. The Labute approximate surface area is 254 Å². The normalized spacial score (nSPS) is 16.4. The van der Waals surface area contributed by atoms with Gasteiger partial charge in [0.25, 0.3) is 0 Å². The number of benzene rings is 2. The van der Waals surface area contributed by atoms with Crippen LogP contribution in [0.3, 0.4) is 0 Å². The minimum Gasteiger partial charge on any atom is -0.501 e. The highest BCUT2D eigenvalue weighted by molar-refractivity contribution is 8.03. The minimum absolute atomic E-state index is 0.144. The van der Waals surface area contributed by atoms with Gasteiger partial charge in [0.2, 0.25) is 0 Å². The van der Waals surface area contributed by atoms with Crippen molar-refractivity contribution in [2.75, 3.05) is 46.9 Å². The van der Waals surface area contributed by atoms with Crippen molar-refractivity contribution in [2.45, 2.75) is 37.4 Å². The molecule has 0 amide bonds. The number of thioether (sulfide) groups is 1. The van der Waals surface area contributed by atoms with Gasteiger partial charge in [0.1, 0.15) is 17.3 Å². The molecule has 1 heterocycles. The smallest absolute Gasteiger partial charge is 0.501 e. The van der Waals surface area contributed by atoms with Crippen molar-refractivity contribution in [1.82, 2.24) is 9.80 Å². The monoisotopic (exact) mass is 620 g/mol. The molecule has 1 aliphatic heterocycles. The molecule has 2 aromatic rings. The third kappa shape index (κ3) is 8.35. The van der Waals surface area contributed by atoms with Crippen LogP contribution >= 0.6 is 11.8 Å². The number of rotatable bonds is 12. The summed E-state index contributed by atoms with van der Waals surface area (Å²) in [7, 11) is 2.85. The van der Waals surface area contributed by atoms with E-state index in [2.05, 4.69) is 27.7 Å². The molecule has 232 valence electrons. The van der Waals surface area contributed by atoms with Crippen LogP contribution in [0.5, 0.6) is 5.75 Å². The van der Waals surface area contributed by atoms with Crippen LogP contribution in [-0.4, -0.2) is 69.1 Å². The molecule has 2 fully saturated rings. The first kappa shape index (κ1) is 32.5. The van der Waals surface area contributed by atoms with Gasteiger partial charge in [0.15, 0.2) is 0 Å². The zero-order chi connectivity index (χ0) is 31.3. The average molecular weight is 621 g/mol. The van der Waals surface area contributed by atoms with Crippen molar-refractivity contribution in [3.63, 3.8) is 0 Å². The summed E-state index contributed by atoms with van der Waals surface area (Å²) in [5.74, 6) is -0.378. The summed E-state index contributed by atoms with van der Waals surface area (Å²) in [6, 6.07) is 8.82. The van der Waals surface area contributed by atoms with E-state index in [1.807, 2.05) is 0 Å². The number of ether oxygens (including phenoxy) is 3. The van der Waals surface area contributed by atoms with Gasteiger partial charge in [-0.15, -0.1) is 13.2 Å². The van der Waals surface area contributed by atoms with Gasteiger partial charge < -0.3 is 19.1 Å². The fraction of sp³-hybridized carbons (Fsp3) is 0.406. The van der Waals surface area contributed by atoms with E-state index >= 15 is 0 Å². The van der Waals surface area contributed by atoms with E-state index in [1.54, 1.807) is 32.2 Å². The zero-order valence-corrected chi connectivity index (χ0v) is 25.4. The molecule has 0 radical (unpaired) electrons. The van der Waals surface area contributed by atoms with Crippen molar-refractivity contribution >= 4 is 23.3 Å². The summed E-state index contributed by atoms with van der Waals surface area (Å²) in [6.07, 6.45) is -2.34. The molecule has 0 N–H and O–H groups in total. The van der Waals surface area contributed by atoms with Crippen molar-refractivity contribution < 1.29 is 36.6 Å². The Morgan fingerprint density at radius 3 is 2.33 bits per heavy atom. The number of piperazine rings is 1. The Morgan fingerprint density at radius 2 is 1.72 bits per heavy atom. The number of hydrogen-bond donors (Lipinski definition) is 0. The lowest BCUT2D eigenvalue weighted by atomic mass is 9.93. The summed E-state index contributed by atoms with van der Waals surface area (Å²) < 4.78 is 68.6. The summed E-state index contributed by atoms with van der Waals surface area (Å²) in [5.41, 5.74) is 2.12. The number of halogens is 4. The molecule has 0 spiro atoms. The fourth-order valence-corrected chi connectivity index (χ4v) is 6.08. The van der Waals surface area contributed by atoms with E-state index in [4.69, 9.17) is 9.47 Å². The lowest BCUT2D eigenvalue weighted by Gasteiger charge is -2.37. The SMILES string of the molecule is C=C(/C(CCN1CCN(C(=C)Sc2cc(C(=O)OC)cc(F)c2C)CC1)=C(\OC)C1CC1)c1ccccc1OC(F)(F)F. The van der Waals surface area contributed by atoms with Gasteiger partial charge in [0, 0.05) is 49.1 Å². The van der Waals surface area contributed by atoms with Crippen LogP contribution in [0.1, 0.15) is 40.7 Å². The third-order valence-electron chi connectivity index (χ3n) is 7.62. The van der Waals surface area contributed by atoms with Crippen LogP contribution in [0.4, 0.5) is 17.6 Å². The second-order valence-corrected chi connectivity index (χ2v) is 11.6. The van der Waals surface area contributed by atoms with Crippen LogP contribution in [-0.2, 0) is 9.47 Å². The summed E-state index contributed by atoms with van der Waals surface area (Å²) >= 11 is 1.31. The topological polar surface area (TPSA) is 51.2 Å². The maximum atomic E-state index is 14.5. The molecule has 1 saturated heterocycles. The van der Waals surface area contributed by atoms with E-state index in [0.29, 0.717) is 42.1 Å². The minimum atomic E-state index is -4.82. The molecule has 43 heavy (non-hydrogen) atoms. The van der Waals surface area contributed by atoms with Gasteiger partial charge in [0.05, 0.1) is 24.8 Å². The number of para-hydroxylation sites is 1. The van der Waals surface area contributed by atoms with E-state index in [9.17, 15) is 22.4 Å². The van der Waals surface area contributed by atoms with Crippen molar-refractivity contribution in [3.8, 4) is 5.75 Å². The maximum absolute atomic E-state index is 14.5. The number of methoxy groups -OCH3 is 2. The predicted molar refractivity (Wildman–Crippen MR) is 159 cm³/mol. The van der Waals surface area contributed by atoms with Crippen LogP contribution in [0.15, 0.2) is 70.8 Å².